The second-order valence-corrected chi connectivity index (χ2v) is 4.03. The Morgan fingerprint density at radius 3 is 2.81 bits per heavy atom. The monoisotopic (exact) mass is 216 g/mol. The number of aromatic nitrogens is 3. The van der Waals surface area contributed by atoms with Gasteiger partial charge in [-0.05, 0) is 5.92 Å². The van der Waals surface area contributed by atoms with Gasteiger partial charge in [0.2, 0.25) is 5.43 Å². The SMILES string of the molecule is CC(C)c1nn(C)c2[nH]cc(C#N)c(=O)c12. The molecule has 0 saturated heterocycles. The van der Waals surface area contributed by atoms with Crippen LogP contribution in [0.1, 0.15) is 31.0 Å². The van der Waals surface area contributed by atoms with Gasteiger partial charge in [-0.3, -0.25) is 9.48 Å². The van der Waals surface area contributed by atoms with Gasteiger partial charge in [0.05, 0.1) is 11.1 Å². The van der Waals surface area contributed by atoms with E-state index in [-0.39, 0.29) is 16.9 Å². The Labute approximate surface area is 92.3 Å². The van der Waals surface area contributed by atoms with Crippen LogP contribution in [0, 0.1) is 11.3 Å². The molecule has 82 valence electrons. The molecule has 2 aromatic rings. The fraction of sp³-hybridized carbons (Fsp3) is 0.364. The van der Waals surface area contributed by atoms with E-state index < -0.39 is 0 Å². The number of pyridine rings is 1. The zero-order chi connectivity index (χ0) is 11.9. The van der Waals surface area contributed by atoms with Crippen LogP contribution in [0.25, 0.3) is 11.0 Å². The van der Waals surface area contributed by atoms with Gasteiger partial charge in [-0.1, -0.05) is 13.8 Å². The lowest BCUT2D eigenvalue weighted by molar-refractivity contribution is 0.724. The lowest BCUT2D eigenvalue weighted by Gasteiger charge is -1.98. The Hall–Kier alpha value is -2.09. The van der Waals surface area contributed by atoms with Crippen LogP contribution in [0.2, 0.25) is 0 Å². The van der Waals surface area contributed by atoms with E-state index in [1.165, 1.54) is 6.20 Å². The van der Waals surface area contributed by atoms with Crippen LogP contribution in [0.15, 0.2) is 11.0 Å². The molecule has 0 aliphatic rings. The number of nitrogens with zero attached hydrogens (tertiary/aromatic N) is 3. The van der Waals surface area contributed by atoms with Crippen LogP contribution >= 0.6 is 0 Å². The van der Waals surface area contributed by atoms with Crippen LogP contribution in [0.4, 0.5) is 0 Å². The van der Waals surface area contributed by atoms with Crippen molar-refractivity contribution in [2.24, 2.45) is 7.05 Å². The number of nitrogens with one attached hydrogen (secondary N) is 1. The number of hydrogen-bond donors (Lipinski definition) is 1. The highest BCUT2D eigenvalue weighted by atomic mass is 16.1. The molecule has 0 bridgehead atoms. The Balaban J connectivity index is 2.97. The largest absolute Gasteiger partial charge is 0.345 e. The van der Waals surface area contributed by atoms with Crippen LogP contribution in [0.5, 0.6) is 0 Å². The van der Waals surface area contributed by atoms with Gasteiger partial charge >= 0.3 is 0 Å². The summed E-state index contributed by atoms with van der Waals surface area (Å²) < 4.78 is 1.63. The second-order valence-electron chi connectivity index (χ2n) is 4.03. The first-order chi connectivity index (χ1) is 7.56. The third-order valence-corrected chi connectivity index (χ3v) is 2.57. The molecule has 0 aliphatic carbocycles. The summed E-state index contributed by atoms with van der Waals surface area (Å²) >= 11 is 0. The quantitative estimate of drug-likeness (QED) is 0.779. The summed E-state index contributed by atoms with van der Waals surface area (Å²) in [5.41, 5.74) is 1.28. The molecular weight excluding hydrogens is 204 g/mol. The molecule has 0 saturated carbocycles. The van der Waals surface area contributed by atoms with E-state index in [2.05, 4.69) is 10.1 Å². The van der Waals surface area contributed by atoms with Gasteiger partial charge in [-0.15, -0.1) is 0 Å². The standard InChI is InChI=1S/C11H12N4O/c1-6(2)9-8-10(16)7(4-12)5-13-11(8)15(3)14-9/h5-6H,1-3H3,(H,13,16). The molecule has 0 radical (unpaired) electrons. The Morgan fingerprint density at radius 1 is 1.56 bits per heavy atom. The first-order valence-electron chi connectivity index (χ1n) is 5.04. The van der Waals surface area contributed by atoms with Crippen molar-refractivity contribution in [3.63, 3.8) is 0 Å². The molecule has 0 aliphatic heterocycles. The van der Waals surface area contributed by atoms with Gasteiger partial charge in [-0.25, -0.2) is 0 Å². The summed E-state index contributed by atoms with van der Waals surface area (Å²) in [6, 6.07) is 1.88. The molecule has 2 heterocycles. The summed E-state index contributed by atoms with van der Waals surface area (Å²) in [6.07, 6.45) is 1.43. The number of fused-ring (bicyclic) bond motifs is 1. The van der Waals surface area contributed by atoms with Crippen molar-refractivity contribution in [1.29, 1.82) is 5.26 Å². The average Bonchev–Trinajstić information content (AvgIpc) is 2.58. The van der Waals surface area contributed by atoms with Gasteiger partial charge in [0.25, 0.3) is 0 Å². The van der Waals surface area contributed by atoms with E-state index in [4.69, 9.17) is 5.26 Å². The van der Waals surface area contributed by atoms with Gasteiger partial charge in [0.1, 0.15) is 17.3 Å². The Kier molecular flexibility index (Phi) is 2.27. The average molecular weight is 216 g/mol. The second kappa shape index (κ2) is 3.49. The van der Waals surface area contributed by atoms with Crippen molar-refractivity contribution >= 4 is 11.0 Å². The first kappa shape index (κ1) is 10.4. The molecule has 0 aromatic carbocycles. The highest BCUT2D eigenvalue weighted by molar-refractivity contribution is 5.79. The van der Waals surface area contributed by atoms with Crippen LogP contribution in [0.3, 0.4) is 0 Å². The van der Waals surface area contributed by atoms with E-state index in [1.807, 2.05) is 19.9 Å². The number of rotatable bonds is 1. The summed E-state index contributed by atoms with van der Waals surface area (Å²) in [5, 5.41) is 13.6. The predicted octanol–water partition coefficient (Wildman–Crippen LogP) is 1.26. The highest BCUT2D eigenvalue weighted by Crippen LogP contribution is 2.20. The molecule has 0 unspecified atom stereocenters. The van der Waals surface area contributed by atoms with Gasteiger partial charge < -0.3 is 4.98 Å². The van der Waals surface area contributed by atoms with E-state index in [0.717, 1.165) is 5.69 Å². The maximum absolute atomic E-state index is 12.0. The number of nitriles is 1. The third-order valence-electron chi connectivity index (χ3n) is 2.57. The van der Waals surface area contributed by atoms with Crippen molar-refractivity contribution in [3.8, 4) is 6.07 Å². The van der Waals surface area contributed by atoms with E-state index in [9.17, 15) is 4.79 Å². The number of aryl methyl sites for hydroxylation is 1. The minimum Gasteiger partial charge on any atom is -0.345 e. The molecule has 0 atom stereocenters. The fourth-order valence-electron chi connectivity index (χ4n) is 1.76. The molecule has 5 heteroatoms. The van der Waals surface area contributed by atoms with Crippen LogP contribution in [-0.4, -0.2) is 14.8 Å². The molecule has 0 amide bonds. The molecule has 2 aromatic heterocycles. The Bertz CT molecular complexity index is 642. The summed E-state index contributed by atoms with van der Waals surface area (Å²) in [6.45, 7) is 3.94. The van der Waals surface area contributed by atoms with Crippen molar-refractivity contribution < 1.29 is 0 Å². The minimum absolute atomic E-state index is 0.127. The molecule has 5 nitrogen and oxygen atoms in total. The Morgan fingerprint density at radius 2 is 2.25 bits per heavy atom. The maximum Gasteiger partial charge on any atom is 0.210 e. The predicted molar refractivity (Wildman–Crippen MR) is 60.1 cm³/mol. The molecule has 16 heavy (non-hydrogen) atoms. The van der Waals surface area contributed by atoms with Crippen molar-refractivity contribution in [1.82, 2.24) is 14.8 Å². The minimum atomic E-state index is -0.243. The van der Waals surface area contributed by atoms with Gasteiger partial charge in [0, 0.05) is 13.2 Å². The van der Waals surface area contributed by atoms with Gasteiger partial charge in [0.15, 0.2) is 0 Å². The lowest BCUT2D eigenvalue weighted by Crippen LogP contribution is -2.08. The molecule has 0 fully saturated rings. The number of H-pyrrole nitrogens is 1. The van der Waals surface area contributed by atoms with Crippen LogP contribution in [-0.2, 0) is 7.05 Å². The zero-order valence-corrected chi connectivity index (χ0v) is 9.40. The van der Waals surface area contributed by atoms with E-state index in [1.54, 1.807) is 11.7 Å². The normalized spacial score (nSPS) is 10.9. The fourth-order valence-corrected chi connectivity index (χ4v) is 1.76. The van der Waals surface area contributed by atoms with Crippen molar-refractivity contribution in [3.05, 3.63) is 27.7 Å². The zero-order valence-electron chi connectivity index (χ0n) is 9.40. The lowest BCUT2D eigenvalue weighted by atomic mass is 10.1. The maximum atomic E-state index is 12.0. The van der Waals surface area contributed by atoms with Gasteiger partial charge in [-0.2, -0.15) is 10.4 Å². The molecule has 2 rings (SSSR count). The summed E-state index contributed by atoms with van der Waals surface area (Å²) in [4.78, 5) is 14.9. The summed E-state index contributed by atoms with van der Waals surface area (Å²) in [7, 11) is 1.77. The third kappa shape index (κ3) is 1.31. The highest BCUT2D eigenvalue weighted by Gasteiger charge is 2.16. The molecule has 0 spiro atoms. The summed E-state index contributed by atoms with van der Waals surface area (Å²) in [5.74, 6) is 0.152. The smallest absolute Gasteiger partial charge is 0.210 e. The van der Waals surface area contributed by atoms with Crippen molar-refractivity contribution in [2.45, 2.75) is 19.8 Å². The number of aromatic amines is 1. The van der Waals surface area contributed by atoms with Crippen molar-refractivity contribution in [2.75, 3.05) is 0 Å². The van der Waals surface area contributed by atoms with Crippen LogP contribution < -0.4 is 5.43 Å². The number of hydrogen-bond acceptors (Lipinski definition) is 3. The first-order valence-corrected chi connectivity index (χ1v) is 5.04. The molecular formula is C11H12N4O. The topological polar surface area (TPSA) is 74.5 Å². The van der Waals surface area contributed by atoms with E-state index in [0.29, 0.717) is 11.0 Å². The molecule has 1 N–H and O–H groups in total. The van der Waals surface area contributed by atoms with E-state index >= 15 is 0 Å².